The lowest BCUT2D eigenvalue weighted by Crippen LogP contribution is -2.00. The minimum atomic E-state index is -0.891. The normalized spacial score (nSPS) is 10.2. The fourth-order valence-electron chi connectivity index (χ4n) is 1.73. The third-order valence-electron chi connectivity index (χ3n) is 2.69. The third kappa shape index (κ3) is 2.69. The summed E-state index contributed by atoms with van der Waals surface area (Å²) in [5.74, 6) is -0.891. The van der Waals surface area contributed by atoms with Crippen molar-refractivity contribution < 1.29 is 9.90 Å². The van der Waals surface area contributed by atoms with Crippen molar-refractivity contribution in [3.63, 3.8) is 0 Å². The van der Waals surface area contributed by atoms with Crippen LogP contribution in [-0.2, 0) is 6.42 Å². The van der Waals surface area contributed by atoms with Gasteiger partial charge in [0.15, 0.2) is 0 Å². The summed E-state index contributed by atoms with van der Waals surface area (Å²) in [5, 5.41) is 8.88. The quantitative estimate of drug-likeness (QED) is 0.877. The Morgan fingerprint density at radius 2 is 2.12 bits per heavy atom. The minimum absolute atomic E-state index is 0.326. The van der Waals surface area contributed by atoms with E-state index in [2.05, 4.69) is 4.98 Å². The molecule has 0 aliphatic heterocycles. The molecule has 0 atom stereocenters. The number of aromatic carboxylic acids is 1. The molecule has 0 aliphatic carbocycles. The number of hydrogen-bond acceptors (Lipinski definition) is 2. The van der Waals surface area contributed by atoms with E-state index in [-0.39, 0.29) is 0 Å². The molecule has 2 aromatic rings. The number of aromatic nitrogens is 1. The maximum absolute atomic E-state index is 10.8. The average Bonchev–Trinajstić information content (AvgIpc) is 2.33. The molecule has 0 unspecified atom stereocenters. The van der Waals surface area contributed by atoms with Gasteiger partial charge in [0, 0.05) is 18.3 Å². The number of hydrogen-bond donors (Lipinski definition) is 1. The number of rotatable bonds is 3. The van der Waals surface area contributed by atoms with Crippen LogP contribution in [0.15, 0.2) is 42.6 Å². The summed E-state index contributed by atoms with van der Waals surface area (Å²) >= 11 is 0. The van der Waals surface area contributed by atoms with Crippen molar-refractivity contribution in [3.05, 3.63) is 65.0 Å². The monoisotopic (exact) mass is 227 g/mol. The highest BCUT2D eigenvalue weighted by Gasteiger charge is 2.06. The summed E-state index contributed by atoms with van der Waals surface area (Å²) in [4.78, 5) is 15.1. The van der Waals surface area contributed by atoms with Gasteiger partial charge in [-0.05, 0) is 42.3 Å². The molecule has 1 aromatic carbocycles. The second kappa shape index (κ2) is 4.78. The number of carbonyl (C=O) groups is 1. The number of aryl methyl sites for hydroxylation is 1. The van der Waals surface area contributed by atoms with Gasteiger partial charge in [0.25, 0.3) is 0 Å². The Kier molecular flexibility index (Phi) is 3.19. The maximum atomic E-state index is 10.8. The smallest absolute Gasteiger partial charge is 0.335 e. The lowest BCUT2D eigenvalue weighted by molar-refractivity contribution is 0.0697. The standard InChI is InChI=1S/C14H13NO2/c1-10-8-12(14(16)17)6-5-11(10)9-13-4-2-3-7-15-13/h2-8H,9H2,1H3,(H,16,17). The maximum Gasteiger partial charge on any atom is 0.335 e. The zero-order valence-corrected chi connectivity index (χ0v) is 9.55. The predicted molar refractivity (Wildman–Crippen MR) is 65.2 cm³/mol. The van der Waals surface area contributed by atoms with Crippen molar-refractivity contribution in [2.24, 2.45) is 0 Å². The van der Waals surface area contributed by atoms with Gasteiger partial charge in [0.1, 0.15) is 0 Å². The molecule has 0 saturated carbocycles. The van der Waals surface area contributed by atoms with Crippen LogP contribution in [0.25, 0.3) is 0 Å². The molecule has 0 saturated heterocycles. The Morgan fingerprint density at radius 1 is 1.29 bits per heavy atom. The lowest BCUT2D eigenvalue weighted by atomic mass is 10.0. The van der Waals surface area contributed by atoms with E-state index in [1.807, 2.05) is 31.2 Å². The molecular weight excluding hydrogens is 214 g/mol. The van der Waals surface area contributed by atoms with E-state index in [1.54, 1.807) is 18.3 Å². The molecule has 0 bridgehead atoms. The third-order valence-corrected chi connectivity index (χ3v) is 2.69. The summed E-state index contributed by atoms with van der Waals surface area (Å²) in [7, 11) is 0. The second-order valence-electron chi connectivity index (χ2n) is 3.94. The topological polar surface area (TPSA) is 50.2 Å². The van der Waals surface area contributed by atoms with E-state index in [1.165, 1.54) is 0 Å². The van der Waals surface area contributed by atoms with E-state index >= 15 is 0 Å². The zero-order chi connectivity index (χ0) is 12.3. The van der Waals surface area contributed by atoms with Gasteiger partial charge in [-0.1, -0.05) is 12.1 Å². The minimum Gasteiger partial charge on any atom is -0.478 e. The fourth-order valence-corrected chi connectivity index (χ4v) is 1.73. The molecule has 0 fully saturated rings. The number of carboxylic acids is 1. The van der Waals surface area contributed by atoms with Crippen LogP contribution in [-0.4, -0.2) is 16.1 Å². The number of pyridine rings is 1. The van der Waals surface area contributed by atoms with Gasteiger partial charge in [-0.15, -0.1) is 0 Å². The van der Waals surface area contributed by atoms with Crippen LogP contribution >= 0.6 is 0 Å². The Morgan fingerprint density at radius 3 is 2.71 bits per heavy atom. The van der Waals surface area contributed by atoms with Crippen LogP contribution < -0.4 is 0 Å². The molecule has 0 radical (unpaired) electrons. The van der Waals surface area contributed by atoms with Crippen molar-refractivity contribution in [3.8, 4) is 0 Å². The number of nitrogens with zero attached hydrogens (tertiary/aromatic N) is 1. The van der Waals surface area contributed by atoms with Gasteiger partial charge >= 0.3 is 5.97 Å². The summed E-state index contributed by atoms with van der Waals surface area (Å²) in [6.45, 7) is 1.92. The summed E-state index contributed by atoms with van der Waals surface area (Å²) in [5.41, 5.74) is 3.40. The van der Waals surface area contributed by atoms with Gasteiger partial charge in [-0.3, -0.25) is 4.98 Å². The summed E-state index contributed by atoms with van der Waals surface area (Å²) in [6.07, 6.45) is 2.49. The molecule has 1 N–H and O–H groups in total. The molecule has 3 nitrogen and oxygen atoms in total. The molecule has 0 amide bonds. The Bertz CT molecular complexity index is 535. The summed E-state index contributed by atoms with van der Waals surface area (Å²) in [6, 6.07) is 11.0. The van der Waals surface area contributed by atoms with Crippen LogP contribution in [0.3, 0.4) is 0 Å². The molecule has 1 heterocycles. The van der Waals surface area contributed by atoms with Crippen LogP contribution in [0.2, 0.25) is 0 Å². The number of carboxylic acid groups (broad SMARTS) is 1. The van der Waals surface area contributed by atoms with Crippen molar-refractivity contribution in [2.45, 2.75) is 13.3 Å². The highest BCUT2D eigenvalue weighted by Crippen LogP contribution is 2.14. The van der Waals surface area contributed by atoms with Crippen molar-refractivity contribution in [1.82, 2.24) is 4.98 Å². The first-order valence-electron chi connectivity index (χ1n) is 5.39. The Labute approximate surface area is 99.8 Å². The van der Waals surface area contributed by atoms with E-state index in [9.17, 15) is 4.79 Å². The lowest BCUT2D eigenvalue weighted by Gasteiger charge is -2.06. The van der Waals surface area contributed by atoms with Crippen molar-refractivity contribution >= 4 is 5.97 Å². The highest BCUT2D eigenvalue weighted by molar-refractivity contribution is 5.87. The van der Waals surface area contributed by atoms with Crippen molar-refractivity contribution in [2.75, 3.05) is 0 Å². The average molecular weight is 227 g/mol. The van der Waals surface area contributed by atoms with Crippen LogP contribution in [0.4, 0.5) is 0 Å². The van der Waals surface area contributed by atoms with Crippen molar-refractivity contribution in [1.29, 1.82) is 0 Å². The Balaban J connectivity index is 2.26. The van der Waals surface area contributed by atoms with E-state index in [0.717, 1.165) is 23.2 Å². The van der Waals surface area contributed by atoms with Crippen LogP contribution in [0.5, 0.6) is 0 Å². The van der Waals surface area contributed by atoms with Gasteiger partial charge in [-0.25, -0.2) is 4.79 Å². The van der Waals surface area contributed by atoms with E-state index in [0.29, 0.717) is 5.56 Å². The van der Waals surface area contributed by atoms with Crippen LogP contribution in [0.1, 0.15) is 27.2 Å². The largest absolute Gasteiger partial charge is 0.478 e. The van der Waals surface area contributed by atoms with E-state index in [4.69, 9.17) is 5.11 Å². The zero-order valence-electron chi connectivity index (χ0n) is 9.55. The first-order chi connectivity index (χ1) is 8.16. The first-order valence-corrected chi connectivity index (χ1v) is 5.39. The fraction of sp³-hybridized carbons (Fsp3) is 0.143. The molecule has 17 heavy (non-hydrogen) atoms. The molecule has 0 aliphatic rings. The van der Waals surface area contributed by atoms with Crippen LogP contribution in [0, 0.1) is 6.92 Å². The van der Waals surface area contributed by atoms with Gasteiger partial charge in [-0.2, -0.15) is 0 Å². The van der Waals surface area contributed by atoms with E-state index < -0.39 is 5.97 Å². The molecule has 1 aromatic heterocycles. The summed E-state index contributed by atoms with van der Waals surface area (Å²) < 4.78 is 0. The molecule has 3 heteroatoms. The Hall–Kier alpha value is -2.16. The molecular formula is C14H13NO2. The van der Waals surface area contributed by atoms with Gasteiger partial charge in [0.2, 0.25) is 0 Å². The highest BCUT2D eigenvalue weighted by atomic mass is 16.4. The molecule has 0 spiro atoms. The predicted octanol–water partition coefficient (Wildman–Crippen LogP) is 2.68. The second-order valence-corrected chi connectivity index (χ2v) is 3.94. The first kappa shape index (κ1) is 11.3. The molecule has 86 valence electrons. The SMILES string of the molecule is Cc1cc(C(=O)O)ccc1Cc1ccccn1. The van der Waals surface area contributed by atoms with Gasteiger partial charge in [0.05, 0.1) is 5.56 Å². The number of benzene rings is 1. The molecule has 2 rings (SSSR count). The van der Waals surface area contributed by atoms with Gasteiger partial charge < -0.3 is 5.11 Å².